The first-order chi connectivity index (χ1) is 20.6. The lowest BCUT2D eigenvalue weighted by Crippen LogP contribution is -2.50. The Labute approximate surface area is 251 Å². The van der Waals surface area contributed by atoms with Crippen LogP contribution in [0.1, 0.15) is 31.4 Å². The number of phenolic OH excluding ortho intramolecular Hbond substituents is 1. The van der Waals surface area contributed by atoms with Crippen LogP contribution in [0.5, 0.6) is 11.5 Å². The summed E-state index contributed by atoms with van der Waals surface area (Å²) in [6.07, 6.45) is 0.186. The number of epoxide rings is 1. The summed E-state index contributed by atoms with van der Waals surface area (Å²) < 4.78 is 16.1. The van der Waals surface area contributed by atoms with E-state index in [0.29, 0.717) is 37.6 Å². The van der Waals surface area contributed by atoms with Gasteiger partial charge in [0.25, 0.3) is 0 Å². The van der Waals surface area contributed by atoms with Crippen LogP contribution in [0.2, 0.25) is 0 Å². The molecule has 3 N–H and O–H groups in total. The average Bonchev–Trinajstić information content (AvgIpc) is 3.75. The predicted octanol–water partition coefficient (Wildman–Crippen LogP) is 1.44. The molecule has 11 heteroatoms. The zero-order valence-electron chi connectivity index (χ0n) is 25.0. The van der Waals surface area contributed by atoms with Crippen molar-refractivity contribution in [2.45, 2.75) is 50.8 Å². The number of rotatable bonds is 15. The maximum absolute atomic E-state index is 13.9. The average molecular weight is 596 g/mol. The van der Waals surface area contributed by atoms with E-state index in [9.17, 15) is 24.3 Å². The van der Waals surface area contributed by atoms with E-state index in [1.807, 2.05) is 35.2 Å². The van der Waals surface area contributed by atoms with Gasteiger partial charge in [-0.15, -0.1) is 0 Å². The molecule has 2 amide bonds. The van der Waals surface area contributed by atoms with Gasteiger partial charge >= 0.3 is 0 Å². The number of amides is 2. The summed E-state index contributed by atoms with van der Waals surface area (Å²) in [5.74, 6) is -1.83. The maximum atomic E-state index is 13.9. The van der Waals surface area contributed by atoms with E-state index in [0.717, 1.165) is 5.56 Å². The number of carbonyl (C=O) groups excluding carboxylic acids is 4. The number of morpholine rings is 1. The zero-order valence-corrected chi connectivity index (χ0v) is 25.0. The minimum Gasteiger partial charge on any atom is -0.508 e. The number of methoxy groups -OCH3 is 1. The SMILES string of the molecule is COc1cc(O)ccc1CC(CC(=O)C(C)NC(=O)CN1CCOCC1)C(=O)NC(Cc1ccccc1)C(=O)C1(C)CO1. The molecule has 2 heterocycles. The van der Waals surface area contributed by atoms with Crippen molar-refractivity contribution in [2.24, 2.45) is 5.92 Å². The van der Waals surface area contributed by atoms with Gasteiger partial charge in [-0.3, -0.25) is 24.1 Å². The molecule has 2 aliphatic heterocycles. The number of ether oxygens (including phenoxy) is 3. The largest absolute Gasteiger partial charge is 0.508 e. The summed E-state index contributed by atoms with van der Waals surface area (Å²) in [5.41, 5.74) is 0.521. The molecule has 0 spiro atoms. The summed E-state index contributed by atoms with van der Waals surface area (Å²) in [6, 6.07) is 12.2. The second-order valence-corrected chi connectivity index (χ2v) is 11.4. The number of nitrogens with zero attached hydrogens (tertiary/aromatic N) is 1. The molecule has 0 aromatic heterocycles. The van der Waals surface area contributed by atoms with Crippen molar-refractivity contribution < 1.29 is 38.5 Å². The van der Waals surface area contributed by atoms with Crippen LogP contribution >= 0.6 is 0 Å². The maximum Gasteiger partial charge on any atom is 0.234 e. The number of hydrogen-bond acceptors (Lipinski definition) is 9. The minimum atomic E-state index is -0.961. The second-order valence-electron chi connectivity index (χ2n) is 11.4. The summed E-state index contributed by atoms with van der Waals surface area (Å²) in [5, 5.41) is 15.6. The molecule has 0 radical (unpaired) electrons. The number of benzene rings is 2. The summed E-state index contributed by atoms with van der Waals surface area (Å²) in [6.45, 7) is 6.11. The number of carbonyl (C=O) groups is 4. The quantitative estimate of drug-likeness (QED) is 0.260. The van der Waals surface area contributed by atoms with Crippen molar-refractivity contribution >= 4 is 23.4 Å². The Balaban J connectivity index is 1.50. The molecule has 0 aliphatic carbocycles. The molecule has 2 aromatic rings. The van der Waals surface area contributed by atoms with Gasteiger partial charge in [-0.1, -0.05) is 36.4 Å². The van der Waals surface area contributed by atoms with Gasteiger partial charge in [0.05, 0.1) is 45.6 Å². The first-order valence-electron chi connectivity index (χ1n) is 14.6. The summed E-state index contributed by atoms with van der Waals surface area (Å²) in [4.78, 5) is 55.2. The standard InChI is InChI=1S/C32H41N3O8/c1-21(33-29(38)19-35-11-13-42-14-12-35)27(37)17-24(16-23-9-10-25(36)18-28(23)41-3)31(40)34-26(30(39)32(2)20-43-32)15-22-7-5-4-6-8-22/h4-10,18,21,24,26,36H,11-17,19-20H2,1-3H3,(H,33,38)(H,34,40). The first-order valence-corrected chi connectivity index (χ1v) is 14.6. The molecular weight excluding hydrogens is 554 g/mol. The zero-order chi connectivity index (χ0) is 31.0. The smallest absolute Gasteiger partial charge is 0.234 e. The summed E-state index contributed by atoms with van der Waals surface area (Å²) >= 11 is 0. The Hall–Kier alpha value is -3.80. The summed E-state index contributed by atoms with van der Waals surface area (Å²) in [7, 11) is 1.45. The van der Waals surface area contributed by atoms with E-state index in [4.69, 9.17) is 14.2 Å². The third-order valence-corrected chi connectivity index (χ3v) is 7.90. The Kier molecular flexibility index (Phi) is 10.9. The van der Waals surface area contributed by atoms with Crippen molar-refractivity contribution in [1.82, 2.24) is 15.5 Å². The molecule has 2 fully saturated rings. The minimum absolute atomic E-state index is 0.000444. The van der Waals surface area contributed by atoms with Crippen molar-refractivity contribution in [3.8, 4) is 11.5 Å². The van der Waals surface area contributed by atoms with Crippen molar-refractivity contribution in [3.05, 3.63) is 59.7 Å². The molecule has 43 heavy (non-hydrogen) atoms. The first kappa shape index (κ1) is 32.1. The molecular formula is C32H41N3O8. The van der Waals surface area contributed by atoms with E-state index in [-0.39, 0.29) is 55.6 Å². The fourth-order valence-corrected chi connectivity index (χ4v) is 5.14. The Morgan fingerprint density at radius 3 is 2.40 bits per heavy atom. The third-order valence-electron chi connectivity index (χ3n) is 7.90. The van der Waals surface area contributed by atoms with E-state index in [2.05, 4.69) is 10.6 Å². The van der Waals surface area contributed by atoms with E-state index < -0.39 is 29.5 Å². The second kappa shape index (κ2) is 14.6. The fraction of sp³-hybridized carbons (Fsp3) is 0.500. The molecule has 232 valence electrons. The predicted molar refractivity (Wildman–Crippen MR) is 158 cm³/mol. The van der Waals surface area contributed by atoms with Gasteiger partial charge in [0.1, 0.15) is 17.1 Å². The molecule has 4 unspecified atom stereocenters. The molecule has 11 nitrogen and oxygen atoms in total. The lowest BCUT2D eigenvalue weighted by atomic mass is 9.89. The van der Waals surface area contributed by atoms with Crippen molar-refractivity contribution in [2.75, 3.05) is 46.6 Å². The molecule has 0 bridgehead atoms. The molecule has 0 saturated carbocycles. The van der Waals surface area contributed by atoms with Crippen LogP contribution < -0.4 is 15.4 Å². The Bertz CT molecular complexity index is 1290. The highest BCUT2D eigenvalue weighted by atomic mass is 16.6. The van der Waals surface area contributed by atoms with Gasteiger partial charge in [-0.05, 0) is 43.9 Å². The van der Waals surface area contributed by atoms with Crippen LogP contribution in [-0.2, 0) is 41.5 Å². The number of hydrogen-bond donors (Lipinski definition) is 3. The molecule has 2 aromatic carbocycles. The van der Waals surface area contributed by atoms with Crippen LogP contribution in [-0.4, -0.2) is 97.6 Å². The number of nitrogens with one attached hydrogen (secondary N) is 2. The monoisotopic (exact) mass is 595 g/mol. The normalized spacial score (nSPS) is 20.3. The third kappa shape index (κ3) is 9.09. The van der Waals surface area contributed by atoms with Crippen LogP contribution in [0.15, 0.2) is 48.5 Å². The highest BCUT2D eigenvalue weighted by molar-refractivity contribution is 5.98. The number of Topliss-reactive ketones (excluding diaryl/α,β-unsaturated/α-hetero) is 2. The lowest BCUT2D eigenvalue weighted by Gasteiger charge is -2.27. The number of phenols is 1. The van der Waals surface area contributed by atoms with Crippen LogP contribution in [0, 0.1) is 5.92 Å². The molecule has 2 aliphatic rings. The Morgan fingerprint density at radius 2 is 1.74 bits per heavy atom. The number of aromatic hydroxyl groups is 1. The topological polar surface area (TPSA) is 147 Å². The van der Waals surface area contributed by atoms with E-state index >= 15 is 0 Å². The lowest BCUT2D eigenvalue weighted by molar-refractivity contribution is -0.134. The van der Waals surface area contributed by atoms with Crippen LogP contribution in [0.25, 0.3) is 0 Å². The van der Waals surface area contributed by atoms with Crippen molar-refractivity contribution in [1.29, 1.82) is 0 Å². The van der Waals surface area contributed by atoms with Gasteiger partial charge in [0.15, 0.2) is 11.6 Å². The van der Waals surface area contributed by atoms with Gasteiger partial charge in [0, 0.05) is 31.5 Å². The highest BCUT2D eigenvalue weighted by Crippen LogP contribution is 2.30. The van der Waals surface area contributed by atoms with E-state index in [1.54, 1.807) is 19.9 Å². The van der Waals surface area contributed by atoms with Crippen LogP contribution in [0.4, 0.5) is 0 Å². The van der Waals surface area contributed by atoms with Gasteiger partial charge in [0.2, 0.25) is 11.8 Å². The fourth-order valence-electron chi connectivity index (χ4n) is 5.14. The molecule has 4 rings (SSSR count). The van der Waals surface area contributed by atoms with Gasteiger partial charge < -0.3 is 30.0 Å². The van der Waals surface area contributed by atoms with Crippen LogP contribution in [0.3, 0.4) is 0 Å². The molecule has 2 saturated heterocycles. The van der Waals surface area contributed by atoms with Crippen molar-refractivity contribution in [3.63, 3.8) is 0 Å². The van der Waals surface area contributed by atoms with Gasteiger partial charge in [-0.2, -0.15) is 0 Å². The molecule has 4 atom stereocenters. The number of ketones is 2. The van der Waals surface area contributed by atoms with E-state index in [1.165, 1.54) is 19.2 Å². The highest BCUT2D eigenvalue weighted by Gasteiger charge is 2.50. The Morgan fingerprint density at radius 1 is 1.05 bits per heavy atom. The van der Waals surface area contributed by atoms with Gasteiger partial charge in [-0.25, -0.2) is 0 Å².